The summed E-state index contributed by atoms with van der Waals surface area (Å²) in [6.07, 6.45) is 1.15. The molecule has 41 heavy (non-hydrogen) atoms. The Labute approximate surface area is 241 Å². The average molecular weight is 581 g/mol. The number of nitro benzene ring substituents is 1. The highest BCUT2D eigenvalue weighted by Crippen LogP contribution is 2.28. The second kappa shape index (κ2) is 13.9. The lowest BCUT2D eigenvalue weighted by atomic mass is 10.0. The van der Waals surface area contributed by atoms with Crippen LogP contribution in [0.1, 0.15) is 30.5 Å². The van der Waals surface area contributed by atoms with Crippen LogP contribution in [0.3, 0.4) is 0 Å². The number of benzene rings is 3. The molecule has 0 aliphatic carbocycles. The highest BCUT2D eigenvalue weighted by Gasteiger charge is 2.33. The Kier molecular flexibility index (Phi) is 10.6. The molecule has 3 aromatic rings. The normalized spacial score (nSPS) is 12.0. The third-order valence-corrected chi connectivity index (χ3v) is 7.63. The van der Waals surface area contributed by atoms with Gasteiger partial charge in [0.2, 0.25) is 21.8 Å². The second-order valence-electron chi connectivity index (χ2n) is 10.3. The predicted molar refractivity (Wildman–Crippen MR) is 159 cm³/mol. The number of nitro groups is 1. The first-order valence-electron chi connectivity index (χ1n) is 13.2. The molecule has 3 rings (SSSR count). The monoisotopic (exact) mass is 580 g/mol. The number of hydrogen-bond donors (Lipinski definition) is 1. The summed E-state index contributed by atoms with van der Waals surface area (Å²) in [5.41, 5.74) is 1.76. The van der Waals surface area contributed by atoms with Gasteiger partial charge in [0.1, 0.15) is 12.6 Å². The summed E-state index contributed by atoms with van der Waals surface area (Å²) in [5.74, 6) is -0.803. The Hall–Kier alpha value is -4.25. The molecule has 1 unspecified atom stereocenters. The fourth-order valence-corrected chi connectivity index (χ4v) is 5.23. The lowest BCUT2D eigenvalue weighted by Gasteiger charge is -2.34. The Bertz CT molecular complexity index is 1460. The molecule has 0 aliphatic heterocycles. The molecule has 2 amide bonds. The SMILES string of the molecule is Cc1ccc([N+](=O)[O-])cc1N(CC(=O)N(Cc1ccccc1)C(Cc1ccccc1)C(=O)NCC(C)C)S(C)(=O)=O. The van der Waals surface area contributed by atoms with Crippen LogP contribution >= 0.6 is 0 Å². The van der Waals surface area contributed by atoms with E-state index in [9.17, 15) is 28.1 Å². The van der Waals surface area contributed by atoms with Crippen LogP contribution in [-0.4, -0.2) is 55.4 Å². The Balaban J connectivity index is 2.08. The number of nitrogens with zero attached hydrogens (tertiary/aromatic N) is 3. The summed E-state index contributed by atoms with van der Waals surface area (Å²) in [6, 6.07) is 21.3. The molecular formula is C30H36N4O6S. The second-order valence-corrected chi connectivity index (χ2v) is 12.3. The minimum Gasteiger partial charge on any atom is -0.354 e. The lowest BCUT2D eigenvalue weighted by Crippen LogP contribution is -2.53. The fourth-order valence-electron chi connectivity index (χ4n) is 4.33. The highest BCUT2D eigenvalue weighted by atomic mass is 32.2. The van der Waals surface area contributed by atoms with Crippen molar-refractivity contribution in [2.24, 2.45) is 5.92 Å². The Morgan fingerprint density at radius 1 is 0.951 bits per heavy atom. The first kappa shape index (κ1) is 31.3. The van der Waals surface area contributed by atoms with E-state index in [1.165, 1.54) is 17.0 Å². The molecule has 0 bridgehead atoms. The molecule has 0 saturated heterocycles. The number of rotatable bonds is 13. The summed E-state index contributed by atoms with van der Waals surface area (Å²) in [4.78, 5) is 39.9. The lowest BCUT2D eigenvalue weighted by molar-refractivity contribution is -0.384. The van der Waals surface area contributed by atoms with E-state index in [1.54, 1.807) is 6.92 Å². The molecule has 1 atom stereocenters. The zero-order chi connectivity index (χ0) is 30.2. The maximum Gasteiger partial charge on any atom is 0.271 e. The van der Waals surface area contributed by atoms with Crippen molar-refractivity contribution in [2.75, 3.05) is 23.7 Å². The number of hydrogen-bond acceptors (Lipinski definition) is 6. The number of sulfonamides is 1. The number of aryl methyl sites for hydroxylation is 1. The first-order valence-corrected chi connectivity index (χ1v) is 15.1. The van der Waals surface area contributed by atoms with Gasteiger partial charge in [-0.15, -0.1) is 0 Å². The van der Waals surface area contributed by atoms with Crippen LogP contribution < -0.4 is 9.62 Å². The topological polar surface area (TPSA) is 130 Å². The number of anilines is 1. The predicted octanol–water partition coefficient (Wildman–Crippen LogP) is 4.08. The van der Waals surface area contributed by atoms with E-state index in [-0.39, 0.29) is 36.2 Å². The largest absolute Gasteiger partial charge is 0.354 e. The average Bonchev–Trinajstić information content (AvgIpc) is 2.93. The third kappa shape index (κ3) is 8.87. The van der Waals surface area contributed by atoms with Gasteiger partial charge in [-0.25, -0.2) is 8.42 Å². The van der Waals surface area contributed by atoms with E-state index in [0.29, 0.717) is 12.1 Å². The minimum atomic E-state index is -4.05. The fraction of sp³-hybridized carbons (Fsp3) is 0.333. The van der Waals surface area contributed by atoms with Crippen molar-refractivity contribution in [1.29, 1.82) is 0 Å². The van der Waals surface area contributed by atoms with Crippen LogP contribution in [-0.2, 0) is 32.6 Å². The zero-order valence-corrected chi connectivity index (χ0v) is 24.5. The van der Waals surface area contributed by atoms with E-state index >= 15 is 0 Å². The van der Waals surface area contributed by atoms with Crippen molar-refractivity contribution in [1.82, 2.24) is 10.2 Å². The molecule has 0 spiro atoms. The number of amides is 2. The van der Waals surface area contributed by atoms with Crippen LogP contribution in [0.4, 0.5) is 11.4 Å². The van der Waals surface area contributed by atoms with Gasteiger partial charge in [-0.3, -0.25) is 24.0 Å². The number of carbonyl (C=O) groups is 2. The summed E-state index contributed by atoms with van der Waals surface area (Å²) in [5, 5.41) is 14.4. The third-order valence-electron chi connectivity index (χ3n) is 6.50. The molecule has 0 saturated carbocycles. The smallest absolute Gasteiger partial charge is 0.271 e. The quantitative estimate of drug-likeness (QED) is 0.240. The van der Waals surface area contributed by atoms with Crippen LogP contribution in [0.2, 0.25) is 0 Å². The molecule has 1 N–H and O–H groups in total. The van der Waals surface area contributed by atoms with E-state index in [0.717, 1.165) is 27.8 Å². The van der Waals surface area contributed by atoms with Gasteiger partial charge in [-0.1, -0.05) is 80.6 Å². The zero-order valence-electron chi connectivity index (χ0n) is 23.7. The highest BCUT2D eigenvalue weighted by molar-refractivity contribution is 7.92. The van der Waals surface area contributed by atoms with Crippen molar-refractivity contribution in [3.8, 4) is 0 Å². The maximum absolute atomic E-state index is 14.1. The van der Waals surface area contributed by atoms with Gasteiger partial charge in [-0.2, -0.15) is 0 Å². The van der Waals surface area contributed by atoms with Gasteiger partial charge >= 0.3 is 0 Å². The van der Waals surface area contributed by atoms with Crippen LogP contribution in [0.15, 0.2) is 78.9 Å². The molecule has 11 heteroatoms. The first-order chi connectivity index (χ1) is 19.4. The van der Waals surface area contributed by atoms with Gasteiger partial charge in [0.15, 0.2) is 0 Å². The van der Waals surface area contributed by atoms with Gasteiger partial charge in [-0.05, 0) is 29.5 Å². The van der Waals surface area contributed by atoms with Crippen LogP contribution in [0.5, 0.6) is 0 Å². The summed E-state index contributed by atoms with van der Waals surface area (Å²) in [6.45, 7) is 5.35. The molecule has 10 nitrogen and oxygen atoms in total. The van der Waals surface area contributed by atoms with E-state index in [2.05, 4.69) is 5.32 Å². The van der Waals surface area contributed by atoms with Crippen LogP contribution in [0, 0.1) is 23.0 Å². The van der Waals surface area contributed by atoms with Gasteiger partial charge in [0, 0.05) is 31.6 Å². The Morgan fingerprint density at radius 3 is 2.07 bits per heavy atom. The van der Waals surface area contributed by atoms with Crippen LogP contribution in [0.25, 0.3) is 0 Å². The van der Waals surface area contributed by atoms with Crippen molar-refractivity contribution in [2.45, 2.75) is 39.8 Å². The number of non-ortho nitro benzene ring substituents is 1. The maximum atomic E-state index is 14.1. The molecule has 0 aliphatic rings. The van der Waals surface area contributed by atoms with Gasteiger partial charge in [0.25, 0.3) is 5.69 Å². The minimum absolute atomic E-state index is 0.0265. The summed E-state index contributed by atoms with van der Waals surface area (Å²) >= 11 is 0. The molecule has 0 heterocycles. The summed E-state index contributed by atoms with van der Waals surface area (Å²) in [7, 11) is -4.05. The number of carbonyl (C=O) groups excluding carboxylic acids is 2. The van der Waals surface area contributed by atoms with Gasteiger partial charge < -0.3 is 10.2 Å². The van der Waals surface area contributed by atoms with Crippen molar-refractivity contribution < 1.29 is 22.9 Å². The standard InChI is InChI=1S/C30H36N4O6S/c1-22(2)19-31-30(36)28(17-24-11-7-5-8-12-24)32(20-25-13-9-6-10-14-25)29(35)21-33(41(4,39)40)27-18-26(34(37)38)16-15-23(27)3/h5-16,18,22,28H,17,19-21H2,1-4H3,(H,31,36). The molecule has 0 fully saturated rings. The number of nitrogens with one attached hydrogen (secondary N) is 1. The Morgan fingerprint density at radius 2 is 1.54 bits per heavy atom. The summed E-state index contributed by atoms with van der Waals surface area (Å²) < 4.78 is 26.8. The van der Waals surface area contributed by atoms with E-state index < -0.39 is 33.4 Å². The van der Waals surface area contributed by atoms with Gasteiger partial charge in [0.05, 0.1) is 16.9 Å². The molecular weight excluding hydrogens is 544 g/mol. The molecule has 0 radical (unpaired) electrons. The van der Waals surface area contributed by atoms with E-state index in [1.807, 2.05) is 74.5 Å². The molecule has 218 valence electrons. The van der Waals surface area contributed by atoms with Crippen molar-refractivity contribution >= 4 is 33.2 Å². The van der Waals surface area contributed by atoms with E-state index in [4.69, 9.17) is 0 Å². The molecule has 0 aromatic heterocycles. The van der Waals surface area contributed by atoms with Crippen molar-refractivity contribution in [3.05, 3.63) is 106 Å². The van der Waals surface area contributed by atoms with Crippen molar-refractivity contribution in [3.63, 3.8) is 0 Å². The molecule has 3 aromatic carbocycles.